The van der Waals surface area contributed by atoms with Gasteiger partial charge in [0.1, 0.15) is 11.9 Å². The fraction of sp³-hybridized carbons (Fsp3) is 0.421. The summed E-state index contributed by atoms with van der Waals surface area (Å²) >= 11 is 0. The second-order valence-electron chi connectivity index (χ2n) is 6.49. The summed E-state index contributed by atoms with van der Waals surface area (Å²) in [7, 11) is -1.67. The van der Waals surface area contributed by atoms with Gasteiger partial charge in [0.25, 0.3) is 0 Å². The molecule has 0 spiro atoms. The number of hydrogen-bond donors (Lipinski definition) is 2. The van der Waals surface area contributed by atoms with E-state index in [0.29, 0.717) is 25.6 Å². The van der Waals surface area contributed by atoms with Crippen molar-refractivity contribution in [2.45, 2.75) is 25.6 Å². The number of halogens is 1. The van der Waals surface area contributed by atoms with E-state index in [1.165, 1.54) is 12.1 Å². The number of methoxy groups -OCH3 is 1. The maximum absolute atomic E-state index is 12.9. The molecule has 1 heterocycles. The van der Waals surface area contributed by atoms with Crippen LogP contribution in [-0.2, 0) is 21.3 Å². The standard InChI is InChI=1S/C19H26FN3O4S/c1-14(23-28(3,24)25)16-6-4-15(5-7-16)10-21-12-18(13-26-2)27-19-9-8-17(20)11-22-19/h4-9,11,14,18,21,23H,10,12-13H2,1-3H3. The molecule has 0 radical (unpaired) electrons. The SMILES string of the molecule is COCC(CNCc1ccc(C(C)NS(C)(=O)=O)cc1)Oc1ccc(F)cn1. The molecule has 28 heavy (non-hydrogen) atoms. The number of sulfonamides is 1. The number of rotatable bonds is 11. The zero-order chi connectivity index (χ0) is 20.6. The van der Waals surface area contributed by atoms with Crippen LogP contribution in [0.25, 0.3) is 0 Å². The molecule has 9 heteroatoms. The molecule has 1 aromatic heterocycles. The summed E-state index contributed by atoms with van der Waals surface area (Å²) in [6.07, 6.45) is 1.97. The van der Waals surface area contributed by atoms with Gasteiger partial charge in [0, 0.05) is 32.3 Å². The summed E-state index contributed by atoms with van der Waals surface area (Å²) < 4.78 is 49.0. The zero-order valence-electron chi connectivity index (χ0n) is 16.2. The second kappa shape index (κ2) is 10.5. The summed E-state index contributed by atoms with van der Waals surface area (Å²) in [5, 5.41) is 3.29. The third kappa shape index (κ3) is 7.89. The van der Waals surface area contributed by atoms with Crippen LogP contribution in [0.3, 0.4) is 0 Å². The average Bonchev–Trinajstić information content (AvgIpc) is 2.63. The molecule has 2 aromatic rings. The molecule has 0 aliphatic heterocycles. The molecule has 2 rings (SSSR count). The highest BCUT2D eigenvalue weighted by Crippen LogP contribution is 2.14. The van der Waals surface area contributed by atoms with E-state index < -0.39 is 15.8 Å². The normalized spacial score (nSPS) is 13.9. The summed E-state index contributed by atoms with van der Waals surface area (Å²) in [6.45, 7) is 3.28. The van der Waals surface area contributed by atoms with Gasteiger partial charge in [-0.05, 0) is 24.1 Å². The number of hydrogen-bond acceptors (Lipinski definition) is 6. The lowest BCUT2D eigenvalue weighted by atomic mass is 10.1. The van der Waals surface area contributed by atoms with Gasteiger partial charge in [-0.1, -0.05) is 24.3 Å². The number of pyridine rings is 1. The van der Waals surface area contributed by atoms with E-state index in [2.05, 4.69) is 15.0 Å². The monoisotopic (exact) mass is 411 g/mol. The predicted molar refractivity (Wildman–Crippen MR) is 105 cm³/mol. The van der Waals surface area contributed by atoms with Crippen molar-refractivity contribution < 1.29 is 22.3 Å². The van der Waals surface area contributed by atoms with E-state index in [-0.39, 0.29) is 12.1 Å². The average molecular weight is 411 g/mol. The summed E-state index contributed by atoms with van der Waals surface area (Å²) in [5.41, 5.74) is 1.93. The lowest BCUT2D eigenvalue weighted by Gasteiger charge is -2.18. The first-order valence-electron chi connectivity index (χ1n) is 8.81. The molecule has 2 N–H and O–H groups in total. The maximum atomic E-state index is 12.9. The molecule has 0 aliphatic rings. The van der Waals surface area contributed by atoms with Crippen LogP contribution >= 0.6 is 0 Å². The van der Waals surface area contributed by atoms with Gasteiger partial charge in [-0.2, -0.15) is 0 Å². The third-order valence-corrected chi connectivity index (χ3v) is 4.69. The van der Waals surface area contributed by atoms with Gasteiger partial charge in [0.15, 0.2) is 0 Å². The van der Waals surface area contributed by atoms with Crippen LogP contribution in [0, 0.1) is 5.82 Å². The Kier molecular flexibility index (Phi) is 8.31. The molecule has 0 amide bonds. The van der Waals surface area contributed by atoms with Crippen LogP contribution in [0.1, 0.15) is 24.1 Å². The second-order valence-corrected chi connectivity index (χ2v) is 8.27. The largest absolute Gasteiger partial charge is 0.471 e. The van der Waals surface area contributed by atoms with E-state index in [9.17, 15) is 12.8 Å². The molecular formula is C19H26FN3O4S. The number of nitrogens with one attached hydrogen (secondary N) is 2. The van der Waals surface area contributed by atoms with Crippen molar-refractivity contribution in [2.24, 2.45) is 0 Å². The first-order chi connectivity index (χ1) is 13.3. The van der Waals surface area contributed by atoms with Crippen molar-refractivity contribution in [3.05, 3.63) is 59.5 Å². The minimum absolute atomic E-state index is 0.277. The zero-order valence-corrected chi connectivity index (χ0v) is 17.0. The van der Waals surface area contributed by atoms with Crippen molar-refractivity contribution >= 4 is 10.0 Å². The van der Waals surface area contributed by atoms with Crippen LogP contribution < -0.4 is 14.8 Å². The topological polar surface area (TPSA) is 89.6 Å². The van der Waals surface area contributed by atoms with E-state index in [1.54, 1.807) is 14.0 Å². The number of benzene rings is 1. The predicted octanol–water partition coefficient (Wildman–Crippen LogP) is 2.01. The molecule has 7 nitrogen and oxygen atoms in total. The highest BCUT2D eigenvalue weighted by atomic mass is 32.2. The van der Waals surface area contributed by atoms with Crippen LogP contribution in [0.2, 0.25) is 0 Å². The number of aromatic nitrogens is 1. The fourth-order valence-electron chi connectivity index (χ4n) is 2.61. The first-order valence-corrected chi connectivity index (χ1v) is 10.7. The quantitative estimate of drug-likeness (QED) is 0.588. The molecular weight excluding hydrogens is 385 g/mol. The Hall–Kier alpha value is -2.07. The molecule has 1 aromatic carbocycles. The van der Waals surface area contributed by atoms with Crippen LogP contribution in [-0.4, -0.2) is 46.0 Å². The minimum Gasteiger partial charge on any atom is -0.471 e. The Bertz CT molecular complexity index is 829. The van der Waals surface area contributed by atoms with Crippen molar-refractivity contribution in [3.8, 4) is 5.88 Å². The smallest absolute Gasteiger partial charge is 0.213 e. The Balaban J connectivity index is 1.85. The van der Waals surface area contributed by atoms with E-state index in [0.717, 1.165) is 23.6 Å². The van der Waals surface area contributed by atoms with Gasteiger partial charge < -0.3 is 14.8 Å². The van der Waals surface area contributed by atoms with Gasteiger partial charge in [-0.3, -0.25) is 0 Å². The Morgan fingerprint density at radius 3 is 2.46 bits per heavy atom. The summed E-state index contributed by atoms with van der Waals surface area (Å²) in [6, 6.07) is 10.1. The van der Waals surface area contributed by atoms with Crippen LogP contribution in [0.5, 0.6) is 5.88 Å². The molecule has 2 unspecified atom stereocenters. The molecule has 0 saturated heterocycles. The minimum atomic E-state index is -3.25. The summed E-state index contributed by atoms with van der Waals surface area (Å²) in [5.74, 6) is -0.0831. The lowest BCUT2D eigenvalue weighted by molar-refractivity contribution is 0.0772. The third-order valence-electron chi connectivity index (χ3n) is 3.91. The van der Waals surface area contributed by atoms with E-state index in [1.807, 2.05) is 24.3 Å². The molecule has 2 atom stereocenters. The lowest BCUT2D eigenvalue weighted by Crippen LogP contribution is -2.34. The first kappa shape index (κ1) is 22.2. The maximum Gasteiger partial charge on any atom is 0.213 e. The molecule has 154 valence electrons. The van der Waals surface area contributed by atoms with Gasteiger partial charge >= 0.3 is 0 Å². The van der Waals surface area contributed by atoms with Gasteiger partial charge in [-0.15, -0.1) is 0 Å². The number of ether oxygens (including phenoxy) is 2. The number of nitrogens with zero attached hydrogens (tertiary/aromatic N) is 1. The Morgan fingerprint density at radius 2 is 1.89 bits per heavy atom. The highest BCUT2D eigenvalue weighted by Gasteiger charge is 2.12. The van der Waals surface area contributed by atoms with Crippen LogP contribution in [0.4, 0.5) is 4.39 Å². The fourth-order valence-corrected chi connectivity index (χ4v) is 3.39. The van der Waals surface area contributed by atoms with E-state index in [4.69, 9.17) is 9.47 Å². The summed E-state index contributed by atoms with van der Waals surface area (Å²) in [4.78, 5) is 3.89. The van der Waals surface area contributed by atoms with Crippen LogP contribution in [0.15, 0.2) is 42.6 Å². The molecule has 0 bridgehead atoms. The Morgan fingerprint density at radius 1 is 1.18 bits per heavy atom. The Labute approximate surface area is 165 Å². The van der Waals surface area contributed by atoms with Crippen molar-refractivity contribution in [2.75, 3.05) is 26.5 Å². The van der Waals surface area contributed by atoms with Crippen molar-refractivity contribution in [1.82, 2.24) is 15.0 Å². The highest BCUT2D eigenvalue weighted by molar-refractivity contribution is 7.88. The molecule has 0 saturated carbocycles. The van der Waals surface area contributed by atoms with Gasteiger partial charge in [0.05, 0.1) is 19.1 Å². The van der Waals surface area contributed by atoms with Gasteiger partial charge in [-0.25, -0.2) is 22.5 Å². The van der Waals surface area contributed by atoms with Crippen molar-refractivity contribution in [1.29, 1.82) is 0 Å². The van der Waals surface area contributed by atoms with Crippen molar-refractivity contribution in [3.63, 3.8) is 0 Å². The molecule has 0 aliphatic carbocycles. The van der Waals surface area contributed by atoms with E-state index >= 15 is 0 Å². The molecule has 0 fully saturated rings. The van der Waals surface area contributed by atoms with Gasteiger partial charge in [0.2, 0.25) is 15.9 Å².